The lowest BCUT2D eigenvalue weighted by Crippen LogP contribution is -2.39. The molecule has 0 saturated heterocycles. The molecule has 1 fully saturated rings. The van der Waals surface area contributed by atoms with Crippen molar-refractivity contribution in [3.63, 3.8) is 0 Å². The van der Waals surface area contributed by atoms with Crippen molar-refractivity contribution in [2.45, 2.75) is 31.9 Å². The Labute approximate surface area is 216 Å². The molecule has 200 valence electrons. The van der Waals surface area contributed by atoms with Crippen LogP contribution in [-0.4, -0.2) is 40.5 Å². The smallest absolute Gasteiger partial charge is 0.354 e. The molecule has 1 saturated carbocycles. The predicted molar refractivity (Wildman–Crippen MR) is 130 cm³/mol. The third-order valence-corrected chi connectivity index (χ3v) is 6.57. The number of ketones is 1. The van der Waals surface area contributed by atoms with Crippen LogP contribution in [0, 0.1) is 17.7 Å². The molecular formula is C27H26F4N4O3. The van der Waals surface area contributed by atoms with E-state index in [0.29, 0.717) is 31.4 Å². The number of rotatable bonds is 8. The largest absolute Gasteiger partial charge is 0.435 e. The molecule has 2 aromatic carbocycles. The minimum atomic E-state index is -4.83. The van der Waals surface area contributed by atoms with Gasteiger partial charge in [-0.2, -0.15) is 18.3 Å². The summed E-state index contributed by atoms with van der Waals surface area (Å²) in [5.74, 6) is -2.73. The van der Waals surface area contributed by atoms with Crippen LogP contribution < -0.4 is 10.6 Å². The fraction of sp³-hybridized carbons (Fsp3) is 0.333. The number of para-hydroxylation sites is 1. The Bertz CT molecular complexity index is 1300. The number of nitrogens with zero attached hydrogens (tertiary/aromatic N) is 2. The number of carbonyl (C=O) groups excluding carboxylic acids is 3. The number of aromatic nitrogens is 2. The standard InChI is InChI=1S/C27H26F4N4O3/c28-22-9-5-4-8-20(22)23(36)17-10-12-18(13-11-17)25(37)32-14-15-33-26(38)21-16-35(19-6-2-1-3-7-19)34-24(21)27(29,30)31/h1-9,16-18H,10-15H2,(H,32,37)(H,33,38)/t17-,18-. The van der Waals surface area contributed by atoms with Crippen molar-refractivity contribution in [3.8, 4) is 5.69 Å². The average molecular weight is 531 g/mol. The van der Waals surface area contributed by atoms with Gasteiger partial charge in [-0.1, -0.05) is 30.3 Å². The van der Waals surface area contributed by atoms with E-state index in [1.165, 1.54) is 18.2 Å². The van der Waals surface area contributed by atoms with Gasteiger partial charge in [0.05, 0.1) is 16.8 Å². The van der Waals surface area contributed by atoms with E-state index in [1.807, 2.05) is 0 Å². The molecule has 1 heterocycles. The van der Waals surface area contributed by atoms with Crippen LogP contribution >= 0.6 is 0 Å². The van der Waals surface area contributed by atoms with Gasteiger partial charge < -0.3 is 10.6 Å². The molecule has 1 aliphatic rings. The third-order valence-electron chi connectivity index (χ3n) is 6.57. The van der Waals surface area contributed by atoms with E-state index < -0.39 is 29.2 Å². The summed E-state index contributed by atoms with van der Waals surface area (Å²) in [5, 5.41) is 8.62. The second kappa shape index (κ2) is 11.6. The summed E-state index contributed by atoms with van der Waals surface area (Å²) in [5.41, 5.74) is -1.50. The van der Waals surface area contributed by atoms with Crippen LogP contribution in [0.5, 0.6) is 0 Å². The van der Waals surface area contributed by atoms with E-state index in [9.17, 15) is 31.9 Å². The number of hydrogen-bond donors (Lipinski definition) is 2. The number of carbonyl (C=O) groups is 3. The maximum atomic E-state index is 13.9. The Kier molecular flexibility index (Phi) is 8.23. The normalized spacial score (nSPS) is 17.6. The summed E-state index contributed by atoms with van der Waals surface area (Å²) in [6.07, 6.45) is -1.99. The van der Waals surface area contributed by atoms with Crippen LogP contribution in [0.25, 0.3) is 5.69 Å². The Balaban J connectivity index is 1.26. The number of halogens is 4. The van der Waals surface area contributed by atoms with Crippen molar-refractivity contribution in [1.29, 1.82) is 0 Å². The minimum Gasteiger partial charge on any atom is -0.354 e. The average Bonchev–Trinajstić information content (AvgIpc) is 3.38. The Morgan fingerprint density at radius 1 is 0.842 bits per heavy atom. The van der Waals surface area contributed by atoms with E-state index in [2.05, 4.69) is 15.7 Å². The topological polar surface area (TPSA) is 93.1 Å². The lowest BCUT2D eigenvalue weighted by atomic mass is 9.78. The maximum Gasteiger partial charge on any atom is 0.435 e. The second-order valence-corrected chi connectivity index (χ2v) is 9.11. The summed E-state index contributed by atoms with van der Waals surface area (Å²) in [6.45, 7) is -0.0632. The number of benzene rings is 2. The highest BCUT2D eigenvalue weighted by molar-refractivity contribution is 5.98. The summed E-state index contributed by atoms with van der Waals surface area (Å²) in [6, 6.07) is 13.9. The first-order valence-corrected chi connectivity index (χ1v) is 12.2. The summed E-state index contributed by atoms with van der Waals surface area (Å²) in [7, 11) is 0. The van der Waals surface area contributed by atoms with Crippen LogP contribution in [0.4, 0.5) is 17.6 Å². The second-order valence-electron chi connectivity index (χ2n) is 9.11. The van der Waals surface area contributed by atoms with Crippen molar-refractivity contribution in [1.82, 2.24) is 20.4 Å². The number of Topliss-reactive ketones (excluding diaryl/α,β-unsaturated/α-hetero) is 1. The maximum absolute atomic E-state index is 13.9. The van der Waals surface area contributed by atoms with Crippen LogP contribution in [0.15, 0.2) is 60.8 Å². The van der Waals surface area contributed by atoms with Crippen LogP contribution in [0.1, 0.15) is 52.1 Å². The van der Waals surface area contributed by atoms with Gasteiger partial charge in [0.2, 0.25) is 5.91 Å². The van der Waals surface area contributed by atoms with Crippen molar-refractivity contribution in [3.05, 3.63) is 83.4 Å². The lowest BCUT2D eigenvalue weighted by molar-refractivity contribution is -0.141. The minimum absolute atomic E-state index is 0.0207. The zero-order chi connectivity index (χ0) is 27.3. The Hall–Kier alpha value is -4.02. The molecule has 0 spiro atoms. The molecule has 7 nitrogen and oxygen atoms in total. The van der Waals surface area contributed by atoms with Gasteiger partial charge >= 0.3 is 6.18 Å². The molecule has 1 aliphatic carbocycles. The van der Waals surface area contributed by atoms with E-state index >= 15 is 0 Å². The summed E-state index contributed by atoms with van der Waals surface area (Å²) >= 11 is 0. The number of nitrogens with one attached hydrogen (secondary N) is 2. The monoisotopic (exact) mass is 530 g/mol. The van der Waals surface area contributed by atoms with Gasteiger partial charge in [-0.05, 0) is 49.9 Å². The van der Waals surface area contributed by atoms with E-state index in [0.717, 1.165) is 10.9 Å². The van der Waals surface area contributed by atoms with E-state index in [1.54, 1.807) is 36.4 Å². The molecule has 2 amide bonds. The van der Waals surface area contributed by atoms with Crippen molar-refractivity contribution in [2.75, 3.05) is 13.1 Å². The first-order chi connectivity index (χ1) is 18.1. The van der Waals surface area contributed by atoms with Gasteiger partial charge in [0.15, 0.2) is 11.5 Å². The van der Waals surface area contributed by atoms with Crippen molar-refractivity contribution in [2.24, 2.45) is 11.8 Å². The summed E-state index contributed by atoms with van der Waals surface area (Å²) < 4.78 is 55.4. The predicted octanol–water partition coefficient (Wildman–Crippen LogP) is 4.57. The molecule has 1 aromatic heterocycles. The van der Waals surface area contributed by atoms with Gasteiger partial charge in [0.25, 0.3) is 5.91 Å². The number of hydrogen-bond acceptors (Lipinski definition) is 4. The zero-order valence-corrected chi connectivity index (χ0v) is 20.3. The van der Waals surface area contributed by atoms with E-state index in [4.69, 9.17) is 0 Å². The molecule has 2 N–H and O–H groups in total. The van der Waals surface area contributed by atoms with Crippen molar-refractivity contribution < 1.29 is 31.9 Å². The van der Waals surface area contributed by atoms with Crippen molar-refractivity contribution >= 4 is 17.6 Å². The molecule has 3 aromatic rings. The highest BCUT2D eigenvalue weighted by atomic mass is 19.4. The molecule has 0 atom stereocenters. The third kappa shape index (κ3) is 6.27. The zero-order valence-electron chi connectivity index (χ0n) is 20.3. The highest BCUT2D eigenvalue weighted by Crippen LogP contribution is 2.32. The van der Waals surface area contributed by atoms with Gasteiger partial charge in [0, 0.05) is 31.1 Å². The summed E-state index contributed by atoms with van der Waals surface area (Å²) in [4.78, 5) is 37.6. The quantitative estimate of drug-likeness (QED) is 0.254. The molecule has 38 heavy (non-hydrogen) atoms. The van der Waals surface area contributed by atoms with E-state index in [-0.39, 0.29) is 42.2 Å². The number of amides is 2. The molecule has 0 radical (unpaired) electrons. The fourth-order valence-corrected chi connectivity index (χ4v) is 4.56. The van der Waals surface area contributed by atoms with Crippen LogP contribution in [0.2, 0.25) is 0 Å². The van der Waals surface area contributed by atoms with Crippen LogP contribution in [-0.2, 0) is 11.0 Å². The lowest BCUT2D eigenvalue weighted by Gasteiger charge is -2.27. The molecule has 0 aliphatic heterocycles. The fourth-order valence-electron chi connectivity index (χ4n) is 4.56. The molecule has 0 unspecified atom stereocenters. The first kappa shape index (κ1) is 27.0. The van der Waals surface area contributed by atoms with Gasteiger partial charge in [-0.3, -0.25) is 14.4 Å². The first-order valence-electron chi connectivity index (χ1n) is 12.2. The van der Waals surface area contributed by atoms with Crippen LogP contribution in [0.3, 0.4) is 0 Å². The number of alkyl halides is 3. The molecule has 0 bridgehead atoms. The Morgan fingerprint density at radius 2 is 1.45 bits per heavy atom. The molecule has 11 heteroatoms. The van der Waals surface area contributed by atoms with Gasteiger partial charge in [0.1, 0.15) is 5.82 Å². The molecule has 4 rings (SSSR count). The Morgan fingerprint density at radius 3 is 2.11 bits per heavy atom. The highest BCUT2D eigenvalue weighted by Gasteiger charge is 2.39. The SMILES string of the molecule is O=C(NCCNC(=O)[C@H]1CC[C@H](C(=O)c2ccccc2F)CC1)c1cn(-c2ccccc2)nc1C(F)(F)F. The molecular weight excluding hydrogens is 504 g/mol. The van der Waals surface area contributed by atoms with Gasteiger partial charge in [-0.25, -0.2) is 9.07 Å². The van der Waals surface area contributed by atoms with Gasteiger partial charge in [-0.15, -0.1) is 0 Å².